The lowest BCUT2D eigenvalue weighted by Gasteiger charge is -2.13. The van der Waals surface area contributed by atoms with Crippen molar-refractivity contribution >= 4 is 11.9 Å². The van der Waals surface area contributed by atoms with Crippen LogP contribution in [0.15, 0.2) is 18.2 Å². The number of nitrogens with one attached hydrogen (secondary N) is 1. The summed E-state index contributed by atoms with van der Waals surface area (Å²) in [5.74, 6) is -1.00. The van der Waals surface area contributed by atoms with Crippen LogP contribution in [0.3, 0.4) is 0 Å². The third kappa shape index (κ3) is 4.08. The highest BCUT2D eigenvalue weighted by molar-refractivity contribution is 5.94. The van der Waals surface area contributed by atoms with Crippen molar-refractivity contribution in [1.29, 1.82) is 0 Å². The van der Waals surface area contributed by atoms with E-state index in [0.717, 1.165) is 0 Å². The molecule has 1 aromatic rings. The fraction of sp³-hybridized carbons (Fsp3) is 0.385. The van der Waals surface area contributed by atoms with Crippen LogP contribution in [0.1, 0.15) is 35.7 Å². The summed E-state index contributed by atoms with van der Waals surface area (Å²) >= 11 is 0. The van der Waals surface area contributed by atoms with E-state index in [4.69, 9.17) is 5.11 Å². The highest BCUT2D eigenvalue weighted by atomic mass is 16.4. The number of carboxylic acids is 1. The van der Waals surface area contributed by atoms with Gasteiger partial charge in [0.2, 0.25) is 0 Å². The zero-order valence-electron chi connectivity index (χ0n) is 10.4. The van der Waals surface area contributed by atoms with Crippen LogP contribution in [0.2, 0.25) is 0 Å². The van der Waals surface area contributed by atoms with Crippen LogP contribution in [0.25, 0.3) is 0 Å². The molecule has 1 aromatic carbocycles. The Labute approximate surface area is 105 Å². The minimum Gasteiger partial charge on any atom is -0.508 e. The fourth-order valence-corrected chi connectivity index (χ4v) is 1.52. The van der Waals surface area contributed by atoms with Gasteiger partial charge in [-0.1, -0.05) is 0 Å². The molecular formula is C13H17NO4. The minimum absolute atomic E-state index is 0.0239. The Balaban J connectivity index is 2.59. The Morgan fingerprint density at radius 3 is 2.61 bits per heavy atom. The zero-order chi connectivity index (χ0) is 13.7. The van der Waals surface area contributed by atoms with Crippen molar-refractivity contribution in [3.63, 3.8) is 0 Å². The molecule has 0 radical (unpaired) electrons. The Morgan fingerprint density at radius 1 is 1.39 bits per heavy atom. The molecule has 5 heteroatoms. The zero-order valence-corrected chi connectivity index (χ0v) is 10.4. The summed E-state index contributed by atoms with van der Waals surface area (Å²) in [5, 5.41) is 20.6. The third-order valence-corrected chi connectivity index (χ3v) is 2.63. The predicted octanol–water partition coefficient (Wildman–Crippen LogP) is 1.68. The van der Waals surface area contributed by atoms with Crippen molar-refractivity contribution in [3.8, 4) is 5.75 Å². The van der Waals surface area contributed by atoms with Crippen molar-refractivity contribution in [3.05, 3.63) is 29.3 Å². The molecule has 0 bridgehead atoms. The van der Waals surface area contributed by atoms with Gasteiger partial charge in [-0.05, 0) is 44.0 Å². The molecule has 0 aliphatic rings. The van der Waals surface area contributed by atoms with E-state index < -0.39 is 5.97 Å². The fourth-order valence-electron chi connectivity index (χ4n) is 1.52. The first kappa shape index (κ1) is 14.0. The smallest absolute Gasteiger partial charge is 0.303 e. The van der Waals surface area contributed by atoms with Crippen LogP contribution < -0.4 is 5.32 Å². The quantitative estimate of drug-likeness (QED) is 0.743. The second-order valence-electron chi connectivity index (χ2n) is 4.31. The number of amides is 1. The van der Waals surface area contributed by atoms with E-state index in [1.165, 1.54) is 12.1 Å². The molecule has 0 saturated carbocycles. The standard InChI is InChI=1S/C13H17NO4/c1-8-7-10(4-5-11(8)15)13(18)14-9(2)3-6-12(16)17/h4-5,7,9,15H,3,6H2,1-2H3,(H,14,18)(H,16,17). The van der Waals surface area contributed by atoms with Crippen LogP contribution in [-0.4, -0.2) is 28.1 Å². The van der Waals surface area contributed by atoms with Crippen molar-refractivity contribution in [1.82, 2.24) is 5.32 Å². The first-order valence-corrected chi connectivity index (χ1v) is 5.72. The molecule has 3 N–H and O–H groups in total. The lowest BCUT2D eigenvalue weighted by molar-refractivity contribution is -0.137. The summed E-state index contributed by atoms with van der Waals surface area (Å²) in [6.07, 6.45) is 0.411. The Hall–Kier alpha value is -2.04. The maximum Gasteiger partial charge on any atom is 0.303 e. The Morgan fingerprint density at radius 2 is 2.06 bits per heavy atom. The number of hydrogen-bond donors (Lipinski definition) is 3. The Bertz CT molecular complexity index is 456. The summed E-state index contributed by atoms with van der Waals surface area (Å²) in [7, 11) is 0. The molecule has 1 rings (SSSR count). The number of aromatic hydroxyl groups is 1. The lowest BCUT2D eigenvalue weighted by Crippen LogP contribution is -2.32. The molecule has 0 saturated heterocycles. The summed E-state index contributed by atoms with van der Waals surface area (Å²) in [5.41, 5.74) is 1.08. The second-order valence-corrected chi connectivity index (χ2v) is 4.31. The molecule has 0 aromatic heterocycles. The number of phenolic OH excluding ortho intramolecular Hbond substituents is 1. The molecule has 1 unspecified atom stereocenters. The number of carbonyl (C=O) groups excluding carboxylic acids is 1. The maximum atomic E-state index is 11.8. The van der Waals surface area contributed by atoms with Gasteiger partial charge in [0.25, 0.3) is 5.91 Å². The number of aliphatic carboxylic acids is 1. The van der Waals surface area contributed by atoms with Gasteiger partial charge < -0.3 is 15.5 Å². The molecule has 0 heterocycles. The molecular weight excluding hydrogens is 234 g/mol. The minimum atomic E-state index is -0.878. The molecule has 5 nitrogen and oxygen atoms in total. The highest BCUT2D eigenvalue weighted by Gasteiger charge is 2.11. The molecule has 18 heavy (non-hydrogen) atoms. The molecule has 0 fully saturated rings. The molecule has 0 aliphatic heterocycles. The van der Waals surface area contributed by atoms with Crippen molar-refractivity contribution in [2.75, 3.05) is 0 Å². The van der Waals surface area contributed by atoms with E-state index in [2.05, 4.69) is 5.32 Å². The van der Waals surface area contributed by atoms with Gasteiger partial charge >= 0.3 is 5.97 Å². The van der Waals surface area contributed by atoms with Crippen LogP contribution >= 0.6 is 0 Å². The molecule has 0 spiro atoms. The number of carboxylic acid groups (broad SMARTS) is 1. The summed E-state index contributed by atoms with van der Waals surface area (Å²) in [4.78, 5) is 22.2. The third-order valence-electron chi connectivity index (χ3n) is 2.63. The second kappa shape index (κ2) is 6.05. The summed E-state index contributed by atoms with van der Waals surface area (Å²) in [6, 6.07) is 4.38. The normalized spacial score (nSPS) is 11.9. The average molecular weight is 251 g/mol. The number of benzene rings is 1. The average Bonchev–Trinajstić information content (AvgIpc) is 2.30. The number of rotatable bonds is 5. The van der Waals surface area contributed by atoms with E-state index in [0.29, 0.717) is 17.5 Å². The van der Waals surface area contributed by atoms with E-state index in [1.54, 1.807) is 19.9 Å². The Kier molecular flexibility index (Phi) is 4.71. The molecule has 1 amide bonds. The van der Waals surface area contributed by atoms with Crippen molar-refractivity contribution in [2.24, 2.45) is 0 Å². The number of carbonyl (C=O) groups is 2. The van der Waals surface area contributed by atoms with Crippen LogP contribution in [0, 0.1) is 6.92 Å². The summed E-state index contributed by atoms with van der Waals surface area (Å²) in [6.45, 7) is 3.47. The van der Waals surface area contributed by atoms with Crippen molar-refractivity contribution in [2.45, 2.75) is 32.7 Å². The number of hydrogen-bond acceptors (Lipinski definition) is 3. The molecule has 1 atom stereocenters. The largest absolute Gasteiger partial charge is 0.508 e. The van der Waals surface area contributed by atoms with Gasteiger partial charge in [-0.15, -0.1) is 0 Å². The predicted molar refractivity (Wildman–Crippen MR) is 66.6 cm³/mol. The SMILES string of the molecule is Cc1cc(C(=O)NC(C)CCC(=O)O)ccc1O. The molecule has 0 aliphatic carbocycles. The van der Waals surface area contributed by atoms with Crippen LogP contribution in [-0.2, 0) is 4.79 Å². The first-order valence-electron chi connectivity index (χ1n) is 5.72. The van der Waals surface area contributed by atoms with Crippen LogP contribution in [0.4, 0.5) is 0 Å². The van der Waals surface area contributed by atoms with E-state index in [1.807, 2.05) is 0 Å². The first-order chi connectivity index (χ1) is 8.40. The monoisotopic (exact) mass is 251 g/mol. The van der Waals surface area contributed by atoms with E-state index in [9.17, 15) is 14.7 Å². The number of phenols is 1. The van der Waals surface area contributed by atoms with E-state index in [-0.39, 0.29) is 24.1 Å². The van der Waals surface area contributed by atoms with E-state index >= 15 is 0 Å². The van der Waals surface area contributed by atoms with Gasteiger partial charge in [-0.3, -0.25) is 9.59 Å². The maximum absolute atomic E-state index is 11.8. The van der Waals surface area contributed by atoms with Gasteiger partial charge in [0, 0.05) is 18.0 Å². The van der Waals surface area contributed by atoms with Gasteiger partial charge in [0.15, 0.2) is 0 Å². The summed E-state index contributed by atoms with van der Waals surface area (Å²) < 4.78 is 0. The highest BCUT2D eigenvalue weighted by Crippen LogP contribution is 2.17. The van der Waals surface area contributed by atoms with Gasteiger partial charge in [-0.2, -0.15) is 0 Å². The topological polar surface area (TPSA) is 86.6 Å². The van der Waals surface area contributed by atoms with Gasteiger partial charge in [0.1, 0.15) is 5.75 Å². The van der Waals surface area contributed by atoms with Gasteiger partial charge in [-0.25, -0.2) is 0 Å². The molecule has 98 valence electrons. The lowest BCUT2D eigenvalue weighted by atomic mass is 10.1. The van der Waals surface area contributed by atoms with Crippen LogP contribution in [0.5, 0.6) is 5.75 Å². The van der Waals surface area contributed by atoms with Gasteiger partial charge in [0.05, 0.1) is 0 Å². The van der Waals surface area contributed by atoms with Crippen molar-refractivity contribution < 1.29 is 19.8 Å². The number of aryl methyl sites for hydroxylation is 1.